The summed E-state index contributed by atoms with van der Waals surface area (Å²) in [5.74, 6) is -0.227. The van der Waals surface area contributed by atoms with Gasteiger partial charge in [0.25, 0.3) is 0 Å². The van der Waals surface area contributed by atoms with Crippen LogP contribution < -0.4 is 16.2 Å². The van der Waals surface area contributed by atoms with E-state index in [1.54, 1.807) is 13.0 Å². The first-order chi connectivity index (χ1) is 9.27. The van der Waals surface area contributed by atoms with Gasteiger partial charge in [-0.3, -0.25) is 4.79 Å². The maximum Gasteiger partial charge on any atom is 0.238 e. The summed E-state index contributed by atoms with van der Waals surface area (Å²) < 4.78 is 22.7. The lowest BCUT2D eigenvalue weighted by Crippen LogP contribution is -2.23. The van der Waals surface area contributed by atoms with Gasteiger partial charge in [0.1, 0.15) is 0 Å². The lowest BCUT2D eigenvalue weighted by atomic mass is 10.1. The largest absolute Gasteiger partial charge is 0.328 e. The number of carbonyl (C=O) groups excluding carboxylic acids is 1. The molecular weight excluding hydrogens is 278 g/mol. The highest BCUT2D eigenvalue weighted by molar-refractivity contribution is 7.89. The molecular formula is C13H19N3O3S. The van der Waals surface area contributed by atoms with E-state index >= 15 is 0 Å². The van der Waals surface area contributed by atoms with Gasteiger partial charge in [-0.15, -0.1) is 0 Å². The zero-order valence-electron chi connectivity index (χ0n) is 11.3. The third-order valence-corrected chi connectivity index (χ3v) is 4.55. The zero-order valence-corrected chi connectivity index (χ0v) is 12.1. The second-order valence-electron chi connectivity index (χ2n) is 5.28. The van der Waals surface area contributed by atoms with Crippen molar-refractivity contribution in [1.29, 1.82) is 0 Å². The van der Waals surface area contributed by atoms with Gasteiger partial charge in [-0.2, -0.15) is 0 Å². The first kappa shape index (κ1) is 15.0. The number of hydrogen-bond donors (Lipinski definition) is 3. The van der Waals surface area contributed by atoms with Crippen molar-refractivity contribution >= 4 is 21.6 Å². The summed E-state index contributed by atoms with van der Waals surface area (Å²) in [5, 5.41) is 7.86. The average molecular weight is 297 g/mol. The lowest BCUT2D eigenvalue weighted by molar-refractivity contribution is -0.119. The predicted molar refractivity (Wildman–Crippen MR) is 76.5 cm³/mol. The van der Waals surface area contributed by atoms with E-state index in [2.05, 4.69) is 5.32 Å². The third-order valence-electron chi connectivity index (χ3n) is 3.64. The first-order valence-corrected chi connectivity index (χ1v) is 8.02. The molecule has 0 aromatic heterocycles. The van der Waals surface area contributed by atoms with Gasteiger partial charge in [0.2, 0.25) is 15.9 Å². The van der Waals surface area contributed by atoms with Crippen LogP contribution in [0.1, 0.15) is 24.8 Å². The molecule has 1 aromatic rings. The summed E-state index contributed by atoms with van der Waals surface area (Å²) in [6.07, 6.45) is 2.27. The SMILES string of the molecule is Cc1ccc(S(N)(=O)=O)cc1NC(=O)C1CCC(N)C1. The summed E-state index contributed by atoms with van der Waals surface area (Å²) in [7, 11) is -3.78. The molecule has 2 rings (SSSR count). The van der Waals surface area contributed by atoms with Crippen LogP contribution in [-0.2, 0) is 14.8 Å². The highest BCUT2D eigenvalue weighted by Gasteiger charge is 2.28. The number of rotatable bonds is 3. The van der Waals surface area contributed by atoms with Gasteiger partial charge in [-0.1, -0.05) is 6.07 Å². The number of amides is 1. The number of carbonyl (C=O) groups is 1. The van der Waals surface area contributed by atoms with Crippen molar-refractivity contribution in [2.75, 3.05) is 5.32 Å². The molecule has 20 heavy (non-hydrogen) atoms. The highest BCUT2D eigenvalue weighted by atomic mass is 32.2. The monoisotopic (exact) mass is 297 g/mol. The van der Waals surface area contributed by atoms with E-state index in [1.807, 2.05) is 0 Å². The fraction of sp³-hybridized carbons (Fsp3) is 0.462. The van der Waals surface area contributed by atoms with Gasteiger partial charge in [0.05, 0.1) is 4.90 Å². The zero-order chi connectivity index (χ0) is 14.9. The van der Waals surface area contributed by atoms with Crippen molar-refractivity contribution in [3.63, 3.8) is 0 Å². The topological polar surface area (TPSA) is 115 Å². The summed E-state index contributed by atoms with van der Waals surface area (Å²) >= 11 is 0. The van der Waals surface area contributed by atoms with Crippen LogP contribution in [0.5, 0.6) is 0 Å². The molecule has 110 valence electrons. The number of anilines is 1. The molecule has 2 unspecified atom stereocenters. The average Bonchev–Trinajstić information content (AvgIpc) is 2.77. The summed E-state index contributed by atoms with van der Waals surface area (Å²) in [5.41, 5.74) is 7.05. The molecule has 1 aromatic carbocycles. The maximum atomic E-state index is 12.1. The van der Waals surface area contributed by atoms with Gasteiger partial charge >= 0.3 is 0 Å². The molecule has 2 atom stereocenters. The molecule has 1 aliphatic carbocycles. The van der Waals surface area contributed by atoms with Crippen molar-refractivity contribution in [2.45, 2.75) is 37.1 Å². The molecule has 1 amide bonds. The first-order valence-electron chi connectivity index (χ1n) is 6.47. The Morgan fingerprint density at radius 1 is 1.35 bits per heavy atom. The number of nitrogens with one attached hydrogen (secondary N) is 1. The second kappa shape index (κ2) is 5.51. The van der Waals surface area contributed by atoms with E-state index in [9.17, 15) is 13.2 Å². The molecule has 0 bridgehead atoms. The Kier molecular flexibility index (Phi) is 4.12. The van der Waals surface area contributed by atoms with E-state index in [-0.39, 0.29) is 22.8 Å². The van der Waals surface area contributed by atoms with E-state index in [0.717, 1.165) is 18.4 Å². The van der Waals surface area contributed by atoms with Crippen LogP contribution in [0, 0.1) is 12.8 Å². The molecule has 6 nitrogen and oxygen atoms in total. The molecule has 0 spiro atoms. The Morgan fingerprint density at radius 2 is 2.05 bits per heavy atom. The van der Waals surface area contributed by atoms with Gasteiger partial charge < -0.3 is 11.1 Å². The predicted octanol–water partition coefficient (Wildman–Crippen LogP) is 0.708. The molecule has 0 saturated heterocycles. The molecule has 0 aliphatic heterocycles. The summed E-state index contributed by atoms with van der Waals surface area (Å²) in [6, 6.07) is 4.50. The molecule has 1 aliphatic rings. The highest BCUT2D eigenvalue weighted by Crippen LogP contribution is 2.27. The van der Waals surface area contributed by atoms with Gasteiger partial charge in [0.15, 0.2) is 0 Å². The van der Waals surface area contributed by atoms with Crippen LogP contribution in [0.4, 0.5) is 5.69 Å². The lowest BCUT2D eigenvalue weighted by Gasteiger charge is -2.13. The maximum absolute atomic E-state index is 12.1. The fourth-order valence-electron chi connectivity index (χ4n) is 2.40. The van der Waals surface area contributed by atoms with Crippen molar-refractivity contribution in [1.82, 2.24) is 0 Å². The number of nitrogens with two attached hydrogens (primary N) is 2. The van der Waals surface area contributed by atoms with Crippen molar-refractivity contribution in [3.8, 4) is 0 Å². The number of aryl methyl sites for hydroxylation is 1. The van der Waals surface area contributed by atoms with E-state index in [1.165, 1.54) is 12.1 Å². The quantitative estimate of drug-likeness (QED) is 0.762. The van der Waals surface area contributed by atoms with Crippen molar-refractivity contribution in [3.05, 3.63) is 23.8 Å². The van der Waals surface area contributed by atoms with Gasteiger partial charge in [-0.25, -0.2) is 13.6 Å². The van der Waals surface area contributed by atoms with Crippen LogP contribution in [0.3, 0.4) is 0 Å². The third kappa shape index (κ3) is 3.36. The fourth-order valence-corrected chi connectivity index (χ4v) is 2.94. The van der Waals surface area contributed by atoms with Crippen molar-refractivity contribution < 1.29 is 13.2 Å². The summed E-state index contributed by atoms with van der Waals surface area (Å²) in [4.78, 5) is 12.1. The van der Waals surface area contributed by atoms with E-state index in [0.29, 0.717) is 12.1 Å². The minimum Gasteiger partial charge on any atom is -0.328 e. The van der Waals surface area contributed by atoms with E-state index in [4.69, 9.17) is 10.9 Å². The number of benzene rings is 1. The van der Waals surface area contributed by atoms with E-state index < -0.39 is 10.0 Å². The molecule has 1 fully saturated rings. The Bertz CT molecular complexity index is 628. The Hall–Kier alpha value is -1.44. The Labute approximate surface area is 118 Å². The molecule has 0 radical (unpaired) electrons. The minimum absolute atomic E-state index is 0.0125. The molecule has 7 heteroatoms. The minimum atomic E-state index is -3.78. The van der Waals surface area contributed by atoms with Crippen molar-refractivity contribution in [2.24, 2.45) is 16.8 Å². The number of sulfonamides is 1. The van der Waals surface area contributed by atoms with Crippen LogP contribution in [-0.4, -0.2) is 20.4 Å². The Morgan fingerprint density at radius 3 is 2.60 bits per heavy atom. The van der Waals surface area contributed by atoms with Crippen LogP contribution in [0.25, 0.3) is 0 Å². The molecule has 5 N–H and O–H groups in total. The van der Waals surface area contributed by atoms with Crippen LogP contribution in [0.2, 0.25) is 0 Å². The van der Waals surface area contributed by atoms with Crippen LogP contribution in [0.15, 0.2) is 23.1 Å². The smallest absolute Gasteiger partial charge is 0.238 e. The number of primary sulfonamides is 1. The summed E-state index contributed by atoms with van der Waals surface area (Å²) in [6.45, 7) is 1.79. The van der Waals surface area contributed by atoms with Crippen LogP contribution >= 0.6 is 0 Å². The standard InChI is InChI=1S/C13H19N3O3S/c1-8-2-5-11(20(15,18)19)7-12(8)16-13(17)9-3-4-10(14)6-9/h2,5,7,9-10H,3-4,6,14H2,1H3,(H,16,17)(H2,15,18,19). The Balaban J connectivity index is 2.18. The van der Waals surface area contributed by atoms with Gasteiger partial charge in [0, 0.05) is 17.6 Å². The molecule has 0 heterocycles. The second-order valence-corrected chi connectivity index (χ2v) is 6.84. The van der Waals surface area contributed by atoms with Gasteiger partial charge in [-0.05, 0) is 43.9 Å². The number of hydrogen-bond acceptors (Lipinski definition) is 4. The normalized spacial score (nSPS) is 22.8. The molecule has 1 saturated carbocycles.